The van der Waals surface area contributed by atoms with E-state index in [1.807, 2.05) is 13.8 Å². The third kappa shape index (κ3) is 6.88. The van der Waals surface area contributed by atoms with Crippen LogP contribution in [-0.2, 0) is 14.5 Å². The van der Waals surface area contributed by atoms with Gasteiger partial charge >= 0.3 is 0 Å². The molecule has 0 radical (unpaired) electrons. The Hall–Kier alpha value is 0.274. The SMILES string of the molecule is CCOOC(N)(OCC)C(C)(C)CCC[Si](C)(C)C(C)[Si](C)(C)C. The largest absolute Gasteiger partial charge is 0.336 e. The zero-order valence-corrected chi connectivity index (χ0v) is 19.9. The van der Waals surface area contributed by atoms with E-state index >= 15 is 0 Å². The molecule has 0 aliphatic rings. The second kappa shape index (κ2) is 9.28. The molecule has 0 aliphatic carbocycles. The van der Waals surface area contributed by atoms with E-state index in [2.05, 4.69) is 53.5 Å². The third-order valence-electron chi connectivity index (χ3n) is 5.70. The van der Waals surface area contributed by atoms with E-state index in [1.54, 1.807) is 0 Å². The first-order chi connectivity index (χ1) is 10.7. The first kappa shape index (κ1) is 24.3. The van der Waals surface area contributed by atoms with Crippen LogP contribution in [0.5, 0.6) is 0 Å². The Bertz CT molecular complexity index is 370. The van der Waals surface area contributed by atoms with Gasteiger partial charge in [0.05, 0.1) is 6.61 Å². The molecule has 24 heavy (non-hydrogen) atoms. The number of hydrogen-bond acceptors (Lipinski definition) is 4. The van der Waals surface area contributed by atoms with E-state index in [1.165, 1.54) is 6.04 Å². The molecule has 0 amide bonds. The molecule has 0 aromatic carbocycles. The van der Waals surface area contributed by atoms with Crippen LogP contribution in [0.15, 0.2) is 0 Å². The predicted octanol–water partition coefficient (Wildman–Crippen LogP) is 5.39. The highest BCUT2D eigenvalue weighted by atomic mass is 28.4. The minimum Gasteiger partial charge on any atom is -0.336 e. The van der Waals surface area contributed by atoms with Gasteiger partial charge in [-0.15, -0.1) is 0 Å². The van der Waals surface area contributed by atoms with Gasteiger partial charge in [-0.1, -0.05) is 71.1 Å². The summed E-state index contributed by atoms with van der Waals surface area (Å²) in [7, 11) is -2.33. The van der Waals surface area contributed by atoms with E-state index in [0.29, 0.717) is 13.2 Å². The van der Waals surface area contributed by atoms with Gasteiger partial charge in [-0.25, -0.2) is 4.89 Å². The Labute approximate surface area is 152 Å². The van der Waals surface area contributed by atoms with Crippen LogP contribution in [0.4, 0.5) is 0 Å². The van der Waals surface area contributed by atoms with E-state index in [0.717, 1.165) is 18.0 Å². The molecule has 0 saturated carbocycles. The van der Waals surface area contributed by atoms with Gasteiger partial charge < -0.3 is 4.74 Å². The molecule has 0 aromatic heterocycles. The summed E-state index contributed by atoms with van der Waals surface area (Å²) < 4.78 is 5.73. The molecule has 6 heteroatoms. The molecular formula is C18H43NO3Si2. The predicted molar refractivity (Wildman–Crippen MR) is 109 cm³/mol. The van der Waals surface area contributed by atoms with Crippen molar-refractivity contribution in [1.82, 2.24) is 0 Å². The normalized spacial score (nSPS) is 17.6. The summed E-state index contributed by atoms with van der Waals surface area (Å²) in [6, 6.07) is 1.32. The fraction of sp³-hybridized carbons (Fsp3) is 1.00. The molecule has 2 N–H and O–H groups in total. The number of ether oxygens (including phenoxy) is 1. The van der Waals surface area contributed by atoms with E-state index in [-0.39, 0.29) is 5.41 Å². The van der Waals surface area contributed by atoms with Crippen LogP contribution in [0.3, 0.4) is 0 Å². The van der Waals surface area contributed by atoms with Gasteiger partial charge in [0.15, 0.2) is 0 Å². The number of hydrogen-bond donors (Lipinski definition) is 1. The zero-order valence-electron chi connectivity index (χ0n) is 17.9. The monoisotopic (exact) mass is 377 g/mol. The van der Waals surface area contributed by atoms with Crippen LogP contribution >= 0.6 is 0 Å². The van der Waals surface area contributed by atoms with Crippen molar-refractivity contribution < 1.29 is 14.5 Å². The molecule has 0 fully saturated rings. The molecule has 2 atom stereocenters. The topological polar surface area (TPSA) is 53.7 Å². The maximum absolute atomic E-state index is 6.40. The van der Waals surface area contributed by atoms with Crippen LogP contribution in [-0.4, -0.2) is 35.3 Å². The van der Waals surface area contributed by atoms with Crippen molar-refractivity contribution in [2.75, 3.05) is 13.2 Å². The summed E-state index contributed by atoms with van der Waals surface area (Å²) in [5.74, 6) is -1.20. The summed E-state index contributed by atoms with van der Waals surface area (Å²) >= 11 is 0. The lowest BCUT2D eigenvalue weighted by atomic mass is 9.84. The van der Waals surface area contributed by atoms with Crippen molar-refractivity contribution in [2.24, 2.45) is 11.1 Å². The first-order valence-corrected chi connectivity index (χ1v) is 16.3. The summed E-state index contributed by atoms with van der Waals surface area (Å²) in [5, 5.41) is 0.905. The Kier molecular flexibility index (Phi) is 9.39. The zero-order chi connectivity index (χ0) is 19.2. The van der Waals surface area contributed by atoms with Crippen molar-refractivity contribution in [3.05, 3.63) is 0 Å². The van der Waals surface area contributed by atoms with Gasteiger partial charge in [-0.05, 0) is 20.3 Å². The van der Waals surface area contributed by atoms with Crippen LogP contribution in [0.25, 0.3) is 0 Å². The number of nitrogens with two attached hydrogens (primary N) is 1. The second-order valence-corrected chi connectivity index (χ2v) is 20.9. The fourth-order valence-electron chi connectivity index (χ4n) is 3.24. The molecule has 0 heterocycles. The second-order valence-electron chi connectivity index (χ2n) is 9.40. The summed E-state index contributed by atoms with van der Waals surface area (Å²) in [6.07, 6.45) is 2.12. The van der Waals surface area contributed by atoms with Crippen molar-refractivity contribution in [3.63, 3.8) is 0 Å². The minimum atomic E-state index is -1.24. The highest BCUT2D eigenvalue weighted by Gasteiger charge is 2.46. The lowest BCUT2D eigenvalue weighted by Gasteiger charge is -2.42. The van der Waals surface area contributed by atoms with Crippen molar-refractivity contribution in [2.45, 2.75) is 97.3 Å². The highest BCUT2D eigenvalue weighted by molar-refractivity contribution is 6.96. The highest BCUT2D eigenvalue weighted by Crippen LogP contribution is 2.40. The van der Waals surface area contributed by atoms with Crippen LogP contribution in [0.1, 0.15) is 47.5 Å². The standard InChI is InChI=1S/C18H43NO3Si2/c1-11-20-18(19,22-21-12-2)17(4,5)14-13-15-24(9,10)16(3)23(6,7)8/h16H,11-15,19H2,1-10H3. The molecule has 0 spiro atoms. The van der Waals surface area contributed by atoms with Gasteiger partial charge in [0.1, 0.15) is 0 Å². The Morgan fingerprint density at radius 2 is 1.54 bits per heavy atom. The van der Waals surface area contributed by atoms with E-state index < -0.39 is 22.1 Å². The van der Waals surface area contributed by atoms with Crippen LogP contribution in [0.2, 0.25) is 43.9 Å². The smallest absolute Gasteiger partial charge is 0.260 e. The quantitative estimate of drug-likeness (QED) is 0.214. The van der Waals surface area contributed by atoms with E-state index in [9.17, 15) is 0 Å². The third-order valence-corrected chi connectivity index (χ3v) is 17.2. The summed E-state index contributed by atoms with van der Waals surface area (Å²) in [5.41, 5.74) is 6.09. The minimum absolute atomic E-state index is 0.314. The average molecular weight is 378 g/mol. The Morgan fingerprint density at radius 3 is 1.96 bits per heavy atom. The lowest BCUT2D eigenvalue weighted by Crippen LogP contribution is -2.57. The summed E-state index contributed by atoms with van der Waals surface area (Å²) in [4.78, 5) is 10.6. The fourth-order valence-corrected chi connectivity index (χ4v) is 14.6. The van der Waals surface area contributed by atoms with Gasteiger partial charge in [-0.3, -0.25) is 5.73 Å². The van der Waals surface area contributed by atoms with Crippen molar-refractivity contribution in [3.8, 4) is 0 Å². The molecule has 0 rings (SSSR count). The lowest BCUT2D eigenvalue weighted by molar-refractivity contribution is -0.453. The average Bonchev–Trinajstić information content (AvgIpc) is 2.43. The molecule has 0 saturated heterocycles. The van der Waals surface area contributed by atoms with Gasteiger partial charge in [0, 0.05) is 28.2 Å². The van der Waals surface area contributed by atoms with Gasteiger partial charge in [0.25, 0.3) is 5.91 Å². The van der Waals surface area contributed by atoms with Crippen molar-refractivity contribution in [1.29, 1.82) is 0 Å². The maximum Gasteiger partial charge on any atom is 0.260 e. The van der Waals surface area contributed by atoms with Crippen molar-refractivity contribution >= 4 is 16.1 Å². The first-order valence-electron chi connectivity index (χ1n) is 9.47. The Morgan fingerprint density at radius 1 is 1.00 bits per heavy atom. The molecule has 2 unspecified atom stereocenters. The molecule has 146 valence electrons. The molecule has 4 nitrogen and oxygen atoms in total. The maximum atomic E-state index is 6.40. The van der Waals surface area contributed by atoms with Crippen LogP contribution in [0, 0.1) is 5.41 Å². The van der Waals surface area contributed by atoms with E-state index in [4.69, 9.17) is 20.2 Å². The van der Waals surface area contributed by atoms with Gasteiger partial charge in [0.2, 0.25) is 0 Å². The summed E-state index contributed by atoms with van der Waals surface area (Å²) in [6.45, 7) is 24.0. The molecule has 0 bridgehead atoms. The molecule has 0 aliphatic heterocycles. The Balaban J connectivity index is 4.86. The number of rotatable bonds is 12. The van der Waals surface area contributed by atoms with Gasteiger partial charge in [-0.2, -0.15) is 4.89 Å². The molecule has 0 aromatic rings. The molecular weight excluding hydrogens is 334 g/mol. The van der Waals surface area contributed by atoms with Crippen LogP contribution < -0.4 is 5.73 Å².